The van der Waals surface area contributed by atoms with Gasteiger partial charge in [-0.25, -0.2) is 4.79 Å². The van der Waals surface area contributed by atoms with Crippen molar-refractivity contribution in [1.82, 2.24) is 5.32 Å². The molecule has 1 N–H and O–H groups in total. The summed E-state index contributed by atoms with van der Waals surface area (Å²) >= 11 is 3.41. The van der Waals surface area contributed by atoms with E-state index < -0.39 is 5.97 Å². The van der Waals surface area contributed by atoms with E-state index in [1.807, 2.05) is 12.1 Å². The zero-order valence-electron chi connectivity index (χ0n) is 14.4. The molecule has 1 aromatic heterocycles. The maximum Gasteiger partial charge on any atom is 0.341 e. The third kappa shape index (κ3) is 6.05. The van der Waals surface area contributed by atoms with Crippen molar-refractivity contribution in [1.29, 1.82) is 0 Å². The topological polar surface area (TPSA) is 68.5 Å². The van der Waals surface area contributed by atoms with Gasteiger partial charge in [-0.3, -0.25) is 4.79 Å². The zero-order chi connectivity index (χ0) is 18.2. The second-order valence-electron chi connectivity index (χ2n) is 5.78. The fourth-order valence-corrected chi connectivity index (χ4v) is 2.75. The van der Waals surface area contributed by atoms with Crippen LogP contribution in [0.2, 0.25) is 0 Å². The number of benzene rings is 1. The van der Waals surface area contributed by atoms with Crippen LogP contribution in [-0.4, -0.2) is 19.0 Å². The van der Waals surface area contributed by atoms with Gasteiger partial charge >= 0.3 is 5.97 Å². The maximum absolute atomic E-state index is 11.9. The minimum Gasteiger partial charge on any atom is -0.465 e. The molecule has 6 heteroatoms. The molecule has 0 aliphatic rings. The summed E-state index contributed by atoms with van der Waals surface area (Å²) in [6.07, 6.45) is 3.22. The van der Waals surface area contributed by atoms with Crippen LogP contribution in [0.3, 0.4) is 0 Å². The Balaban J connectivity index is 1.68. The van der Waals surface area contributed by atoms with Gasteiger partial charge in [0.2, 0.25) is 5.91 Å². The van der Waals surface area contributed by atoms with Gasteiger partial charge in [0.1, 0.15) is 17.1 Å². The highest BCUT2D eigenvalue weighted by Crippen LogP contribution is 2.16. The molecule has 2 aromatic rings. The Labute approximate surface area is 155 Å². The number of esters is 1. The van der Waals surface area contributed by atoms with E-state index in [9.17, 15) is 9.59 Å². The quantitative estimate of drug-likeness (QED) is 0.526. The van der Waals surface area contributed by atoms with Crippen molar-refractivity contribution in [3.8, 4) is 0 Å². The molecule has 0 bridgehead atoms. The predicted octanol–water partition coefficient (Wildman–Crippen LogP) is 4.17. The fraction of sp³-hybridized carbons (Fsp3) is 0.368. The Morgan fingerprint density at radius 3 is 2.60 bits per heavy atom. The number of carbonyl (C=O) groups excluding carboxylic acids is 2. The molecule has 0 unspecified atom stereocenters. The summed E-state index contributed by atoms with van der Waals surface area (Å²) in [6.45, 7) is 1.96. The molecule has 2 rings (SSSR count). The number of rotatable bonds is 8. The summed E-state index contributed by atoms with van der Waals surface area (Å²) in [7, 11) is 1.32. The largest absolute Gasteiger partial charge is 0.465 e. The average Bonchev–Trinajstić information content (AvgIpc) is 2.98. The Kier molecular flexibility index (Phi) is 7.25. The number of amides is 1. The number of hydrogen-bond acceptors (Lipinski definition) is 4. The smallest absolute Gasteiger partial charge is 0.341 e. The van der Waals surface area contributed by atoms with Crippen LogP contribution in [0.25, 0.3) is 0 Å². The highest BCUT2D eigenvalue weighted by molar-refractivity contribution is 9.10. The molecule has 0 aliphatic heterocycles. The zero-order valence-corrected chi connectivity index (χ0v) is 16.0. The van der Waals surface area contributed by atoms with Gasteiger partial charge < -0.3 is 14.5 Å². The lowest BCUT2D eigenvalue weighted by Gasteiger charge is -2.04. The number of carbonyl (C=O) groups is 2. The molecule has 5 nitrogen and oxygen atoms in total. The van der Waals surface area contributed by atoms with E-state index >= 15 is 0 Å². The number of methoxy groups -OCH3 is 1. The third-order valence-electron chi connectivity index (χ3n) is 3.87. The summed E-state index contributed by atoms with van der Waals surface area (Å²) in [4.78, 5) is 23.4. The van der Waals surface area contributed by atoms with Crippen LogP contribution in [-0.2, 0) is 22.5 Å². The molecular formula is C19H22BrNO4. The first-order valence-corrected chi connectivity index (χ1v) is 8.97. The highest BCUT2D eigenvalue weighted by atomic mass is 79.9. The molecule has 0 saturated carbocycles. The van der Waals surface area contributed by atoms with Crippen LogP contribution < -0.4 is 5.32 Å². The Bertz CT molecular complexity index is 722. The highest BCUT2D eigenvalue weighted by Gasteiger charge is 2.15. The van der Waals surface area contributed by atoms with Crippen LogP contribution in [0.4, 0.5) is 0 Å². The summed E-state index contributed by atoms with van der Waals surface area (Å²) < 4.78 is 11.2. The van der Waals surface area contributed by atoms with E-state index in [0.717, 1.165) is 23.7 Å². The number of halogens is 1. The van der Waals surface area contributed by atoms with Crippen LogP contribution in [0.5, 0.6) is 0 Å². The third-order valence-corrected chi connectivity index (χ3v) is 4.40. The minimum absolute atomic E-state index is 0.0236. The molecule has 1 amide bonds. The first-order chi connectivity index (χ1) is 12.0. The van der Waals surface area contributed by atoms with E-state index in [1.54, 1.807) is 13.0 Å². The van der Waals surface area contributed by atoms with Crippen molar-refractivity contribution in [3.05, 3.63) is 57.5 Å². The van der Waals surface area contributed by atoms with E-state index in [1.165, 1.54) is 12.7 Å². The number of hydrogen-bond donors (Lipinski definition) is 1. The molecule has 0 aliphatic carbocycles. The van der Waals surface area contributed by atoms with Gasteiger partial charge in [-0.15, -0.1) is 0 Å². The molecule has 0 fully saturated rings. The lowest BCUT2D eigenvalue weighted by Crippen LogP contribution is -2.22. The summed E-state index contributed by atoms with van der Waals surface area (Å²) in [6, 6.07) is 9.82. The van der Waals surface area contributed by atoms with Gasteiger partial charge in [-0.1, -0.05) is 28.1 Å². The fourth-order valence-electron chi connectivity index (χ4n) is 2.48. The van der Waals surface area contributed by atoms with Crippen LogP contribution >= 0.6 is 15.9 Å². The second kappa shape index (κ2) is 9.42. The van der Waals surface area contributed by atoms with E-state index in [-0.39, 0.29) is 12.5 Å². The number of ether oxygens (including phenoxy) is 1. The molecule has 134 valence electrons. The van der Waals surface area contributed by atoms with Crippen molar-refractivity contribution in [2.24, 2.45) is 0 Å². The predicted molar refractivity (Wildman–Crippen MR) is 98.3 cm³/mol. The first-order valence-electron chi connectivity index (χ1n) is 8.18. The Hall–Kier alpha value is -2.08. The number of unbranched alkanes of at least 4 members (excludes halogenated alkanes) is 1. The normalized spacial score (nSPS) is 10.5. The number of aryl methyl sites for hydroxylation is 2. The summed E-state index contributed by atoms with van der Waals surface area (Å²) in [5.41, 5.74) is 1.66. The number of furan rings is 1. The van der Waals surface area contributed by atoms with E-state index in [4.69, 9.17) is 4.42 Å². The summed E-state index contributed by atoms with van der Waals surface area (Å²) in [5.74, 6) is 0.572. The van der Waals surface area contributed by atoms with Gasteiger partial charge in [-0.05, 0) is 49.9 Å². The maximum atomic E-state index is 11.9. The molecule has 0 radical (unpaired) electrons. The summed E-state index contributed by atoms with van der Waals surface area (Å²) in [5, 5.41) is 2.81. The minimum atomic E-state index is -0.438. The lowest BCUT2D eigenvalue weighted by atomic mass is 10.1. The van der Waals surface area contributed by atoms with Crippen LogP contribution in [0, 0.1) is 6.92 Å². The van der Waals surface area contributed by atoms with Gasteiger partial charge in [0.05, 0.1) is 13.7 Å². The lowest BCUT2D eigenvalue weighted by molar-refractivity contribution is -0.121. The SMILES string of the molecule is COC(=O)c1cc(CNC(=O)CCCCc2ccc(Br)cc2)oc1C. The van der Waals surface area contributed by atoms with Gasteiger partial charge in [0.15, 0.2) is 0 Å². The Morgan fingerprint density at radius 2 is 1.92 bits per heavy atom. The molecule has 0 atom stereocenters. The standard InChI is InChI=1S/C19H22BrNO4/c1-13-17(19(23)24-2)11-16(25-13)12-21-18(22)6-4-3-5-14-7-9-15(20)10-8-14/h7-11H,3-6,12H2,1-2H3,(H,21,22). The van der Waals surface area contributed by atoms with Gasteiger partial charge in [-0.2, -0.15) is 0 Å². The van der Waals surface area contributed by atoms with Crippen molar-refractivity contribution in [3.63, 3.8) is 0 Å². The Morgan fingerprint density at radius 1 is 1.20 bits per heavy atom. The molecule has 1 aromatic carbocycles. The van der Waals surface area contributed by atoms with Gasteiger partial charge in [0, 0.05) is 10.9 Å². The monoisotopic (exact) mass is 407 g/mol. The van der Waals surface area contributed by atoms with Crippen LogP contribution in [0.1, 0.15) is 46.7 Å². The van der Waals surface area contributed by atoms with Crippen molar-refractivity contribution in [2.45, 2.75) is 39.2 Å². The molecule has 25 heavy (non-hydrogen) atoms. The van der Waals surface area contributed by atoms with E-state index in [0.29, 0.717) is 23.5 Å². The molecule has 0 saturated heterocycles. The average molecular weight is 408 g/mol. The first kappa shape index (κ1) is 19.2. The molecular weight excluding hydrogens is 386 g/mol. The van der Waals surface area contributed by atoms with Crippen LogP contribution in [0.15, 0.2) is 39.2 Å². The van der Waals surface area contributed by atoms with Crippen molar-refractivity contribution in [2.75, 3.05) is 7.11 Å². The number of nitrogens with one attached hydrogen (secondary N) is 1. The second-order valence-corrected chi connectivity index (χ2v) is 6.70. The molecule has 0 spiro atoms. The van der Waals surface area contributed by atoms with Crippen molar-refractivity contribution < 1.29 is 18.7 Å². The van der Waals surface area contributed by atoms with Gasteiger partial charge in [0.25, 0.3) is 0 Å². The van der Waals surface area contributed by atoms with Crippen molar-refractivity contribution >= 4 is 27.8 Å². The molecule has 1 heterocycles. The van der Waals surface area contributed by atoms with E-state index in [2.05, 4.69) is 38.1 Å².